The number of hydrogen-bond acceptors (Lipinski definition) is 4. The SMILES string of the molecule is COCCOC(c1ccccc1F)n1nnc2ccccc21. The van der Waals surface area contributed by atoms with Crippen LogP contribution in [0.25, 0.3) is 11.0 Å². The van der Waals surface area contributed by atoms with Crippen molar-refractivity contribution >= 4 is 11.0 Å². The van der Waals surface area contributed by atoms with E-state index in [1.165, 1.54) is 6.07 Å². The van der Waals surface area contributed by atoms with Gasteiger partial charge in [0, 0.05) is 12.7 Å². The molecule has 6 heteroatoms. The van der Waals surface area contributed by atoms with Gasteiger partial charge in [0.05, 0.1) is 18.7 Å². The minimum absolute atomic E-state index is 0.323. The maximum atomic E-state index is 14.2. The van der Waals surface area contributed by atoms with E-state index in [9.17, 15) is 4.39 Å². The van der Waals surface area contributed by atoms with Crippen LogP contribution in [0.1, 0.15) is 11.8 Å². The molecule has 0 aliphatic carbocycles. The van der Waals surface area contributed by atoms with Crippen molar-refractivity contribution in [2.75, 3.05) is 20.3 Å². The van der Waals surface area contributed by atoms with E-state index in [1.807, 2.05) is 24.3 Å². The van der Waals surface area contributed by atoms with E-state index >= 15 is 0 Å². The second-order valence-electron chi connectivity index (χ2n) is 4.76. The highest BCUT2D eigenvalue weighted by Crippen LogP contribution is 2.25. The van der Waals surface area contributed by atoms with Gasteiger partial charge in [-0.05, 0) is 18.2 Å². The zero-order valence-corrected chi connectivity index (χ0v) is 12.1. The Morgan fingerprint density at radius 1 is 1.09 bits per heavy atom. The van der Waals surface area contributed by atoms with Crippen molar-refractivity contribution in [3.63, 3.8) is 0 Å². The summed E-state index contributed by atoms with van der Waals surface area (Å²) in [5, 5.41) is 8.23. The van der Waals surface area contributed by atoms with Crippen molar-refractivity contribution in [3.8, 4) is 0 Å². The Morgan fingerprint density at radius 3 is 2.68 bits per heavy atom. The number of fused-ring (bicyclic) bond motifs is 1. The lowest BCUT2D eigenvalue weighted by molar-refractivity contribution is -0.00543. The number of rotatable bonds is 6. The van der Waals surface area contributed by atoms with Crippen LogP contribution in [0.4, 0.5) is 4.39 Å². The Kier molecular flexibility index (Phi) is 4.41. The van der Waals surface area contributed by atoms with Crippen LogP contribution < -0.4 is 0 Å². The van der Waals surface area contributed by atoms with Crippen LogP contribution in [-0.2, 0) is 9.47 Å². The molecule has 0 aliphatic heterocycles. The van der Waals surface area contributed by atoms with E-state index in [0.29, 0.717) is 18.8 Å². The number of methoxy groups -OCH3 is 1. The molecule has 0 aliphatic rings. The third-order valence-corrected chi connectivity index (χ3v) is 3.33. The molecule has 0 saturated heterocycles. The fourth-order valence-corrected chi connectivity index (χ4v) is 2.27. The van der Waals surface area contributed by atoms with Crippen molar-refractivity contribution < 1.29 is 13.9 Å². The molecule has 0 fully saturated rings. The first-order valence-electron chi connectivity index (χ1n) is 6.96. The first-order valence-corrected chi connectivity index (χ1v) is 6.96. The van der Waals surface area contributed by atoms with Crippen molar-refractivity contribution in [3.05, 3.63) is 59.9 Å². The van der Waals surface area contributed by atoms with Gasteiger partial charge in [0.2, 0.25) is 0 Å². The van der Waals surface area contributed by atoms with E-state index in [2.05, 4.69) is 10.3 Å². The predicted octanol–water partition coefficient (Wildman–Crippen LogP) is 2.78. The number of halogens is 1. The molecule has 0 N–H and O–H groups in total. The monoisotopic (exact) mass is 301 g/mol. The van der Waals surface area contributed by atoms with Crippen LogP contribution in [0.5, 0.6) is 0 Å². The van der Waals surface area contributed by atoms with Crippen LogP contribution >= 0.6 is 0 Å². The van der Waals surface area contributed by atoms with E-state index in [-0.39, 0.29) is 5.82 Å². The number of hydrogen-bond donors (Lipinski definition) is 0. The largest absolute Gasteiger partial charge is 0.382 e. The molecule has 1 aromatic heterocycles. The second kappa shape index (κ2) is 6.64. The van der Waals surface area contributed by atoms with Crippen molar-refractivity contribution in [1.82, 2.24) is 15.0 Å². The molecule has 5 nitrogen and oxygen atoms in total. The zero-order valence-electron chi connectivity index (χ0n) is 12.1. The second-order valence-corrected chi connectivity index (χ2v) is 4.76. The first-order chi connectivity index (χ1) is 10.8. The first kappa shape index (κ1) is 14.6. The maximum Gasteiger partial charge on any atom is 0.181 e. The molecule has 1 unspecified atom stereocenters. The van der Waals surface area contributed by atoms with Gasteiger partial charge in [0.25, 0.3) is 0 Å². The van der Waals surface area contributed by atoms with E-state index in [0.717, 1.165) is 11.0 Å². The minimum atomic E-state index is -0.691. The molecule has 1 heterocycles. The summed E-state index contributed by atoms with van der Waals surface area (Å²) in [6.45, 7) is 0.737. The molecule has 3 rings (SSSR count). The van der Waals surface area contributed by atoms with Gasteiger partial charge in [-0.2, -0.15) is 0 Å². The molecule has 0 spiro atoms. The average molecular weight is 301 g/mol. The summed E-state index contributed by atoms with van der Waals surface area (Å²) in [6, 6.07) is 14.0. The van der Waals surface area contributed by atoms with Gasteiger partial charge in [0.15, 0.2) is 6.23 Å². The van der Waals surface area contributed by atoms with Crippen LogP contribution in [-0.4, -0.2) is 35.3 Å². The summed E-state index contributed by atoms with van der Waals surface area (Å²) in [4.78, 5) is 0. The Morgan fingerprint density at radius 2 is 1.86 bits per heavy atom. The van der Waals surface area contributed by atoms with Gasteiger partial charge in [-0.3, -0.25) is 0 Å². The molecule has 114 valence electrons. The average Bonchev–Trinajstić information content (AvgIpc) is 2.97. The Labute approximate surface area is 127 Å². The third kappa shape index (κ3) is 2.84. The standard InChI is InChI=1S/C16H16FN3O2/c1-21-10-11-22-16(12-6-2-3-7-13(12)17)20-15-9-5-4-8-14(15)18-19-20/h2-9,16H,10-11H2,1H3. The lowest BCUT2D eigenvalue weighted by Crippen LogP contribution is -2.19. The summed E-state index contributed by atoms with van der Waals surface area (Å²) in [6.07, 6.45) is -0.691. The fraction of sp³-hybridized carbons (Fsp3) is 0.250. The molecule has 2 aromatic carbocycles. The van der Waals surface area contributed by atoms with Gasteiger partial charge in [-0.25, -0.2) is 9.07 Å². The van der Waals surface area contributed by atoms with Crippen molar-refractivity contribution in [1.29, 1.82) is 0 Å². The Hall–Kier alpha value is -2.31. The number of para-hydroxylation sites is 1. The smallest absolute Gasteiger partial charge is 0.181 e. The summed E-state index contributed by atoms with van der Waals surface area (Å²) in [5.74, 6) is -0.343. The van der Waals surface area contributed by atoms with Crippen LogP contribution in [0, 0.1) is 5.82 Å². The molecule has 3 aromatic rings. The fourth-order valence-electron chi connectivity index (χ4n) is 2.27. The molecule has 0 radical (unpaired) electrons. The van der Waals surface area contributed by atoms with Gasteiger partial charge in [0.1, 0.15) is 11.3 Å². The van der Waals surface area contributed by atoms with Crippen molar-refractivity contribution in [2.45, 2.75) is 6.23 Å². The number of aromatic nitrogens is 3. The lowest BCUT2D eigenvalue weighted by atomic mass is 10.2. The highest BCUT2D eigenvalue weighted by atomic mass is 19.1. The summed E-state index contributed by atoms with van der Waals surface area (Å²) in [7, 11) is 1.59. The minimum Gasteiger partial charge on any atom is -0.382 e. The highest BCUT2D eigenvalue weighted by Gasteiger charge is 2.21. The Bertz CT molecular complexity index is 760. The normalized spacial score (nSPS) is 12.6. The van der Waals surface area contributed by atoms with E-state index < -0.39 is 6.23 Å². The van der Waals surface area contributed by atoms with Gasteiger partial charge >= 0.3 is 0 Å². The lowest BCUT2D eigenvalue weighted by Gasteiger charge is -2.19. The maximum absolute atomic E-state index is 14.2. The quantitative estimate of drug-likeness (QED) is 0.657. The topological polar surface area (TPSA) is 49.2 Å². The molecule has 0 saturated carbocycles. The van der Waals surface area contributed by atoms with Gasteiger partial charge in [-0.15, -0.1) is 5.10 Å². The summed E-state index contributed by atoms with van der Waals surface area (Å²) in [5.41, 5.74) is 1.93. The molecular weight excluding hydrogens is 285 g/mol. The van der Waals surface area contributed by atoms with E-state index in [1.54, 1.807) is 30.0 Å². The third-order valence-electron chi connectivity index (χ3n) is 3.33. The highest BCUT2D eigenvalue weighted by molar-refractivity contribution is 5.74. The van der Waals surface area contributed by atoms with Gasteiger partial charge in [-0.1, -0.05) is 35.5 Å². The molecule has 0 bridgehead atoms. The van der Waals surface area contributed by atoms with E-state index in [4.69, 9.17) is 9.47 Å². The number of nitrogens with zero attached hydrogens (tertiary/aromatic N) is 3. The van der Waals surface area contributed by atoms with Crippen LogP contribution in [0.2, 0.25) is 0 Å². The predicted molar refractivity (Wildman–Crippen MR) is 79.9 cm³/mol. The number of benzene rings is 2. The van der Waals surface area contributed by atoms with Gasteiger partial charge < -0.3 is 9.47 Å². The Balaban J connectivity index is 2.03. The summed E-state index contributed by atoms with van der Waals surface area (Å²) < 4.78 is 26.6. The van der Waals surface area contributed by atoms with Crippen LogP contribution in [0.15, 0.2) is 48.5 Å². The molecule has 0 amide bonds. The molecule has 22 heavy (non-hydrogen) atoms. The number of ether oxygens (including phenoxy) is 2. The zero-order chi connectivity index (χ0) is 15.4. The molecule has 1 atom stereocenters. The summed E-state index contributed by atoms with van der Waals surface area (Å²) >= 11 is 0. The molecular formula is C16H16FN3O2. The van der Waals surface area contributed by atoms with Crippen molar-refractivity contribution in [2.24, 2.45) is 0 Å². The van der Waals surface area contributed by atoms with Crippen LogP contribution in [0.3, 0.4) is 0 Å².